The van der Waals surface area contributed by atoms with Crippen LogP contribution in [0.5, 0.6) is 5.75 Å². The molecule has 2 amide bonds. The topological polar surface area (TPSA) is 67.9 Å². The Labute approximate surface area is 168 Å². The second-order valence-corrected chi connectivity index (χ2v) is 6.21. The third-order valence-corrected chi connectivity index (χ3v) is 4.18. The van der Waals surface area contributed by atoms with E-state index in [9.17, 15) is 27.2 Å². The number of anilines is 1. The Morgan fingerprint density at radius 2 is 1.60 bits per heavy atom. The fraction of sp³-hybridized carbons (Fsp3) is 0.200. The number of benzene rings is 2. The molecule has 0 radical (unpaired) electrons. The first kappa shape index (κ1) is 21.3. The van der Waals surface area contributed by atoms with E-state index in [0.717, 1.165) is 29.2 Å². The normalized spacial score (nSPS) is 14.5. The van der Waals surface area contributed by atoms with Gasteiger partial charge in [-0.1, -0.05) is 12.1 Å². The van der Waals surface area contributed by atoms with Crippen molar-refractivity contribution in [2.75, 3.05) is 25.6 Å². The van der Waals surface area contributed by atoms with Crippen LogP contribution in [0.25, 0.3) is 5.57 Å². The number of rotatable bonds is 7. The summed E-state index contributed by atoms with van der Waals surface area (Å²) >= 11 is 0. The molecule has 1 N–H and O–H groups in total. The van der Waals surface area contributed by atoms with E-state index in [0.29, 0.717) is 5.56 Å². The van der Waals surface area contributed by atoms with Crippen LogP contribution in [0.4, 0.5) is 23.2 Å². The summed E-state index contributed by atoms with van der Waals surface area (Å²) < 4.78 is 58.9. The van der Waals surface area contributed by atoms with Gasteiger partial charge in [0.25, 0.3) is 11.8 Å². The van der Waals surface area contributed by atoms with Crippen LogP contribution in [-0.2, 0) is 14.3 Å². The van der Waals surface area contributed by atoms with E-state index in [4.69, 9.17) is 4.74 Å². The number of amides is 2. The molecule has 1 aliphatic heterocycles. The fourth-order valence-corrected chi connectivity index (χ4v) is 2.85. The molecule has 1 heterocycles. The van der Waals surface area contributed by atoms with E-state index < -0.39 is 29.7 Å². The molecular formula is C20H16F4N2O4. The van der Waals surface area contributed by atoms with E-state index >= 15 is 0 Å². The number of halogens is 4. The number of imide groups is 1. The van der Waals surface area contributed by atoms with Crippen molar-refractivity contribution in [2.45, 2.75) is 6.36 Å². The van der Waals surface area contributed by atoms with Crippen LogP contribution in [-0.4, -0.2) is 43.3 Å². The van der Waals surface area contributed by atoms with Crippen LogP contribution in [0.2, 0.25) is 0 Å². The van der Waals surface area contributed by atoms with Crippen molar-refractivity contribution in [1.82, 2.24) is 4.90 Å². The van der Waals surface area contributed by atoms with E-state index in [-0.39, 0.29) is 30.1 Å². The Morgan fingerprint density at radius 3 is 2.17 bits per heavy atom. The smallest absolute Gasteiger partial charge is 0.406 e. The van der Waals surface area contributed by atoms with Gasteiger partial charge < -0.3 is 14.8 Å². The molecule has 0 saturated carbocycles. The number of methoxy groups -OCH3 is 1. The number of carbonyl (C=O) groups is 2. The lowest BCUT2D eigenvalue weighted by Gasteiger charge is -2.14. The van der Waals surface area contributed by atoms with Gasteiger partial charge in [-0.2, -0.15) is 0 Å². The minimum Gasteiger partial charge on any atom is -0.406 e. The molecule has 1 aliphatic rings. The summed E-state index contributed by atoms with van der Waals surface area (Å²) in [5.41, 5.74) is 0.516. The zero-order chi connectivity index (χ0) is 21.9. The van der Waals surface area contributed by atoms with Gasteiger partial charge in [-0.3, -0.25) is 14.5 Å². The Bertz CT molecular complexity index is 970. The molecule has 0 fully saturated rings. The van der Waals surface area contributed by atoms with Gasteiger partial charge in [0.15, 0.2) is 0 Å². The van der Waals surface area contributed by atoms with Gasteiger partial charge >= 0.3 is 6.36 Å². The average molecular weight is 424 g/mol. The van der Waals surface area contributed by atoms with Crippen molar-refractivity contribution in [3.05, 3.63) is 65.6 Å². The van der Waals surface area contributed by atoms with Crippen molar-refractivity contribution in [2.24, 2.45) is 0 Å². The predicted octanol–water partition coefficient (Wildman–Crippen LogP) is 3.56. The number of nitrogens with one attached hydrogen (secondary N) is 1. The van der Waals surface area contributed by atoms with E-state index in [1.54, 1.807) is 0 Å². The van der Waals surface area contributed by atoms with E-state index in [2.05, 4.69) is 10.1 Å². The summed E-state index contributed by atoms with van der Waals surface area (Å²) in [6, 6.07) is 9.69. The maximum Gasteiger partial charge on any atom is 0.573 e. The number of ether oxygens (including phenoxy) is 2. The highest BCUT2D eigenvalue weighted by molar-refractivity contribution is 6.36. The van der Waals surface area contributed by atoms with Gasteiger partial charge in [-0.25, -0.2) is 4.39 Å². The zero-order valence-corrected chi connectivity index (χ0v) is 15.6. The molecule has 0 unspecified atom stereocenters. The average Bonchev–Trinajstić information content (AvgIpc) is 2.91. The highest BCUT2D eigenvalue weighted by Crippen LogP contribution is 2.31. The van der Waals surface area contributed by atoms with Crippen molar-refractivity contribution < 1.29 is 36.6 Å². The standard InChI is InChI=1S/C20H16F4N2O4/c1-29-11-10-26-18(27)16(12-2-4-13(21)5-3-12)17(19(26)28)25-14-6-8-15(9-7-14)30-20(22,23)24/h2-9,25H,10-11H2,1H3. The van der Waals surface area contributed by atoms with Gasteiger partial charge in [-0.05, 0) is 42.0 Å². The summed E-state index contributed by atoms with van der Waals surface area (Å²) in [6.45, 7) is 0.118. The highest BCUT2D eigenvalue weighted by Gasteiger charge is 2.39. The van der Waals surface area contributed by atoms with Gasteiger partial charge in [0.1, 0.15) is 17.3 Å². The molecule has 3 rings (SSSR count). The van der Waals surface area contributed by atoms with Crippen LogP contribution in [0, 0.1) is 5.82 Å². The predicted molar refractivity (Wildman–Crippen MR) is 98.7 cm³/mol. The Kier molecular flexibility index (Phi) is 6.06. The van der Waals surface area contributed by atoms with Crippen LogP contribution in [0.15, 0.2) is 54.2 Å². The maximum absolute atomic E-state index is 13.3. The molecule has 2 aromatic carbocycles. The Morgan fingerprint density at radius 1 is 0.967 bits per heavy atom. The fourth-order valence-electron chi connectivity index (χ4n) is 2.85. The molecule has 0 atom stereocenters. The molecule has 158 valence electrons. The van der Waals surface area contributed by atoms with Crippen LogP contribution in [0.3, 0.4) is 0 Å². The lowest BCUT2D eigenvalue weighted by molar-refractivity contribution is -0.274. The summed E-state index contributed by atoms with van der Waals surface area (Å²) in [4.78, 5) is 26.6. The SMILES string of the molecule is COCCN1C(=O)C(Nc2ccc(OC(F)(F)F)cc2)=C(c2ccc(F)cc2)C1=O. The Balaban J connectivity index is 1.93. The van der Waals surface area contributed by atoms with Gasteiger partial charge in [0.05, 0.1) is 18.7 Å². The summed E-state index contributed by atoms with van der Waals surface area (Å²) in [5, 5.41) is 2.78. The first-order valence-corrected chi connectivity index (χ1v) is 8.68. The second-order valence-electron chi connectivity index (χ2n) is 6.21. The molecule has 2 aromatic rings. The summed E-state index contributed by atoms with van der Waals surface area (Å²) in [5.74, 6) is -2.17. The van der Waals surface area contributed by atoms with Crippen LogP contribution in [0.1, 0.15) is 5.56 Å². The molecular weight excluding hydrogens is 408 g/mol. The quantitative estimate of drug-likeness (QED) is 0.544. The van der Waals surface area contributed by atoms with Crippen molar-refractivity contribution in [3.8, 4) is 5.75 Å². The molecule has 10 heteroatoms. The molecule has 0 spiro atoms. The number of alkyl halides is 3. The molecule has 30 heavy (non-hydrogen) atoms. The first-order chi connectivity index (χ1) is 14.2. The summed E-state index contributed by atoms with van der Waals surface area (Å²) in [6.07, 6.45) is -4.83. The molecule has 0 bridgehead atoms. The molecule has 0 aliphatic carbocycles. The number of carbonyl (C=O) groups excluding carboxylic acids is 2. The third-order valence-electron chi connectivity index (χ3n) is 4.18. The van der Waals surface area contributed by atoms with Gasteiger partial charge in [0.2, 0.25) is 0 Å². The highest BCUT2D eigenvalue weighted by atomic mass is 19.4. The monoisotopic (exact) mass is 424 g/mol. The van der Waals surface area contributed by atoms with Crippen molar-refractivity contribution in [1.29, 1.82) is 0 Å². The minimum absolute atomic E-state index is 0.00238. The van der Waals surface area contributed by atoms with Crippen LogP contribution < -0.4 is 10.1 Å². The first-order valence-electron chi connectivity index (χ1n) is 8.68. The third kappa shape index (κ3) is 4.77. The lowest BCUT2D eigenvalue weighted by Crippen LogP contribution is -2.35. The number of nitrogens with zero attached hydrogens (tertiary/aromatic N) is 1. The maximum atomic E-state index is 13.3. The minimum atomic E-state index is -4.83. The van der Waals surface area contributed by atoms with E-state index in [1.165, 1.54) is 31.4 Å². The van der Waals surface area contributed by atoms with E-state index in [1.807, 2.05) is 0 Å². The van der Waals surface area contributed by atoms with Gasteiger partial charge in [0, 0.05) is 12.8 Å². The Hall–Kier alpha value is -3.40. The number of hydrogen-bond donors (Lipinski definition) is 1. The number of hydrogen-bond acceptors (Lipinski definition) is 5. The van der Waals surface area contributed by atoms with Gasteiger partial charge in [-0.15, -0.1) is 13.2 Å². The second kappa shape index (κ2) is 8.54. The summed E-state index contributed by atoms with van der Waals surface area (Å²) in [7, 11) is 1.42. The largest absolute Gasteiger partial charge is 0.573 e. The molecule has 0 saturated heterocycles. The molecule has 6 nitrogen and oxygen atoms in total. The lowest BCUT2D eigenvalue weighted by atomic mass is 10.0. The zero-order valence-electron chi connectivity index (χ0n) is 15.6. The molecule has 0 aromatic heterocycles. The van der Waals surface area contributed by atoms with Crippen molar-refractivity contribution >= 4 is 23.1 Å². The van der Waals surface area contributed by atoms with Crippen molar-refractivity contribution in [3.63, 3.8) is 0 Å². The van der Waals surface area contributed by atoms with Crippen LogP contribution >= 0.6 is 0 Å².